The van der Waals surface area contributed by atoms with Crippen molar-refractivity contribution in [2.45, 2.75) is 26.4 Å². The Morgan fingerprint density at radius 1 is 1.21 bits per heavy atom. The molecule has 28 heavy (non-hydrogen) atoms. The summed E-state index contributed by atoms with van der Waals surface area (Å²) in [5.74, 6) is -0.770. The van der Waals surface area contributed by atoms with Gasteiger partial charge in [0, 0.05) is 18.2 Å². The van der Waals surface area contributed by atoms with Gasteiger partial charge in [-0.1, -0.05) is 12.1 Å². The molecule has 1 aromatic heterocycles. The second kappa shape index (κ2) is 8.12. The van der Waals surface area contributed by atoms with E-state index in [0.717, 1.165) is 11.1 Å². The van der Waals surface area contributed by atoms with Crippen molar-refractivity contribution >= 4 is 22.9 Å². The summed E-state index contributed by atoms with van der Waals surface area (Å²) >= 11 is 0. The Morgan fingerprint density at radius 3 is 2.68 bits per heavy atom. The molecule has 0 unspecified atom stereocenters. The minimum Gasteiger partial charge on any atom is -0.497 e. The maximum absolute atomic E-state index is 13.0. The fraction of sp³-hybridized carbons (Fsp3) is 0.286. The third-order valence-electron chi connectivity index (χ3n) is 4.50. The Kier molecular flexibility index (Phi) is 5.63. The van der Waals surface area contributed by atoms with E-state index in [9.17, 15) is 14.7 Å². The van der Waals surface area contributed by atoms with Gasteiger partial charge in [-0.2, -0.15) is 0 Å². The first kappa shape index (κ1) is 19.4. The van der Waals surface area contributed by atoms with Crippen LogP contribution in [0.4, 0.5) is 0 Å². The topological polar surface area (TPSA) is 84.7 Å². The average molecular weight is 381 g/mol. The summed E-state index contributed by atoms with van der Waals surface area (Å²) in [7, 11) is 1.56. The quantitative estimate of drug-likeness (QED) is 0.678. The van der Waals surface area contributed by atoms with Gasteiger partial charge in [0.25, 0.3) is 5.91 Å². The highest BCUT2D eigenvalue weighted by molar-refractivity contribution is 5.98. The van der Waals surface area contributed by atoms with Gasteiger partial charge >= 0.3 is 5.97 Å². The number of hydrogen-bond acceptors (Lipinski definition) is 4. The molecular formula is C21H23N3O4. The van der Waals surface area contributed by atoms with Crippen molar-refractivity contribution in [1.82, 2.24) is 14.5 Å². The Labute approximate surface area is 163 Å². The predicted octanol–water partition coefficient (Wildman–Crippen LogP) is 3.35. The molecule has 1 amide bonds. The molecule has 0 aliphatic rings. The van der Waals surface area contributed by atoms with E-state index >= 15 is 0 Å². The second-order valence-corrected chi connectivity index (χ2v) is 6.86. The predicted molar refractivity (Wildman–Crippen MR) is 105 cm³/mol. The van der Waals surface area contributed by atoms with Crippen molar-refractivity contribution in [2.24, 2.45) is 0 Å². The van der Waals surface area contributed by atoms with Crippen molar-refractivity contribution < 1.29 is 19.4 Å². The highest BCUT2D eigenvalue weighted by atomic mass is 16.5. The Bertz CT molecular complexity index is 1010. The molecule has 0 bridgehead atoms. The number of fused-ring (bicyclic) bond motifs is 1. The van der Waals surface area contributed by atoms with E-state index in [1.807, 2.05) is 22.8 Å². The fourth-order valence-electron chi connectivity index (χ4n) is 3.11. The lowest BCUT2D eigenvalue weighted by Crippen LogP contribution is -2.35. The lowest BCUT2D eigenvalue weighted by atomic mass is 10.1. The number of carboxylic acids is 1. The summed E-state index contributed by atoms with van der Waals surface area (Å²) in [5, 5.41) is 9.26. The van der Waals surface area contributed by atoms with Crippen LogP contribution in [0.3, 0.4) is 0 Å². The number of aliphatic carboxylic acids is 1. The number of ether oxygens (including phenoxy) is 1. The van der Waals surface area contributed by atoms with Crippen LogP contribution in [0, 0.1) is 0 Å². The SMILES string of the molecule is COc1cccc(CN(CC(=O)O)C(=O)c2ccc3c(c2)ncn3C(C)C)c1. The number of rotatable bonds is 7. The minimum absolute atomic E-state index is 0.167. The molecule has 3 aromatic rings. The van der Waals surface area contributed by atoms with Gasteiger partial charge in [-0.05, 0) is 49.7 Å². The van der Waals surface area contributed by atoms with E-state index in [2.05, 4.69) is 18.8 Å². The van der Waals surface area contributed by atoms with E-state index in [1.165, 1.54) is 4.90 Å². The molecule has 1 N–H and O–H groups in total. The fourth-order valence-corrected chi connectivity index (χ4v) is 3.11. The molecule has 2 aromatic carbocycles. The van der Waals surface area contributed by atoms with Crippen molar-refractivity contribution in [2.75, 3.05) is 13.7 Å². The molecule has 0 spiro atoms. The van der Waals surface area contributed by atoms with Crippen LogP contribution in [-0.4, -0.2) is 45.1 Å². The molecule has 7 nitrogen and oxygen atoms in total. The Morgan fingerprint density at radius 2 is 2.00 bits per heavy atom. The molecule has 146 valence electrons. The normalized spacial score (nSPS) is 11.0. The van der Waals surface area contributed by atoms with Crippen LogP contribution in [0.1, 0.15) is 35.8 Å². The largest absolute Gasteiger partial charge is 0.497 e. The summed E-state index contributed by atoms with van der Waals surface area (Å²) in [6.07, 6.45) is 1.74. The number of amides is 1. The third-order valence-corrected chi connectivity index (χ3v) is 4.50. The van der Waals surface area contributed by atoms with Gasteiger partial charge in [-0.3, -0.25) is 9.59 Å². The Balaban J connectivity index is 1.90. The van der Waals surface area contributed by atoms with Crippen LogP contribution < -0.4 is 4.74 Å². The van der Waals surface area contributed by atoms with Crippen LogP contribution in [0.25, 0.3) is 11.0 Å². The first-order chi connectivity index (χ1) is 13.4. The smallest absolute Gasteiger partial charge is 0.323 e. The highest BCUT2D eigenvalue weighted by Gasteiger charge is 2.20. The van der Waals surface area contributed by atoms with Crippen LogP contribution in [-0.2, 0) is 11.3 Å². The van der Waals surface area contributed by atoms with Crippen molar-refractivity contribution in [3.63, 3.8) is 0 Å². The average Bonchev–Trinajstić information content (AvgIpc) is 3.10. The van der Waals surface area contributed by atoms with Crippen molar-refractivity contribution in [3.05, 3.63) is 59.9 Å². The van der Waals surface area contributed by atoms with E-state index in [0.29, 0.717) is 16.8 Å². The van der Waals surface area contributed by atoms with Gasteiger partial charge in [0.15, 0.2) is 0 Å². The summed E-state index contributed by atoms with van der Waals surface area (Å²) in [6, 6.07) is 12.7. The molecule has 0 radical (unpaired) electrons. The molecule has 1 heterocycles. The standard InChI is InChI=1S/C21H23N3O4/c1-14(2)24-13-22-18-10-16(7-8-19(18)24)21(27)23(12-20(25)26)11-15-5-4-6-17(9-15)28-3/h4-10,13-14H,11-12H2,1-3H3,(H,25,26). The minimum atomic E-state index is -1.07. The maximum Gasteiger partial charge on any atom is 0.323 e. The van der Waals surface area contributed by atoms with Crippen LogP contribution in [0.5, 0.6) is 5.75 Å². The van der Waals surface area contributed by atoms with E-state index < -0.39 is 12.5 Å². The van der Waals surface area contributed by atoms with Gasteiger partial charge in [0.2, 0.25) is 0 Å². The molecule has 0 aliphatic heterocycles. The summed E-state index contributed by atoms with van der Waals surface area (Å²) in [5.41, 5.74) is 2.84. The molecule has 0 aliphatic carbocycles. The van der Waals surface area contributed by atoms with Crippen molar-refractivity contribution in [3.8, 4) is 5.75 Å². The number of benzene rings is 2. The first-order valence-corrected chi connectivity index (χ1v) is 8.99. The molecule has 3 rings (SSSR count). The van der Waals surface area contributed by atoms with Gasteiger partial charge in [0.05, 0.1) is 24.5 Å². The van der Waals surface area contributed by atoms with Crippen LogP contribution >= 0.6 is 0 Å². The van der Waals surface area contributed by atoms with Gasteiger partial charge in [-0.25, -0.2) is 4.98 Å². The summed E-state index contributed by atoms with van der Waals surface area (Å²) in [6.45, 7) is 3.89. The molecule has 0 saturated carbocycles. The molecule has 0 fully saturated rings. The number of methoxy groups -OCH3 is 1. The zero-order chi connectivity index (χ0) is 20.3. The molecular weight excluding hydrogens is 358 g/mol. The molecule has 0 atom stereocenters. The number of aromatic nitrogens is 2. The monoisotopic (exact) mass is 381 g/mol. The van der Waals surface area contributed by atoms with Gasteiger partial charge < -0.3 is 19.3 Å². The Hall–Kier alpha value is -3.35. The van der Waals surface area contributed by atoms with Crippen LogP contribution in [0.15, 0.2) is 48.8 Å². The zero-order valence-corrected chi connectivity index (χ0v) is 16.1. The number of carbonyl (C=O) groups excluding carboxylic acids is 1. The summed E-state index contributed by atoms with van der Waals surface area (Å²) < 4.78 is 7.22. The number of carbonyl (C=O) groups is 2. The second-order valence-electron chi connectivity index (χ2n) is 6.86. The summed E-state index contributed by atoms with van der Waals surface area (Å²) in [4.78, 5) is 30.0. The van der Waals surface area contributed by atoms with Crippen molar-refractivity contribution in [1.29, 1.82) is 0 Å². The maximum atomic E-state index is 13.0. The lowest BCUT2D eigenvalue weighted by molar-refractivity contribution is -0.137. The van der Waals surface area contributed by atoms with Gasteiger partial charge in [-0.15, -0.1) is 0 Å². The molecule has 7 heteroatoms. The lowest BCUT2D eigenvalue weighted by Gasteiger charge is -2.21. The number of imidazole rings is 1. The number of hydrogen-bond donors (Lipinski definition) is 1. The van der Waals surface area contributed by atoms with E-state index in [1.54, 1.807) is 37.7 Å². The third kappa shape index (κ3) is 4.14. The van der Waals surface area contributed by atoms with Crippen LogP contribution in [0.2, 0.25) is 0 Å². The first-order valence-electron chi connectivity index (χ1n) is 8.99. The number of nitrogens with zero attached hydrogens (tertiary/aromatic N) is 3. The van der Waals surface area contributed by atoms with Gasteiger partial charge in [0.1, 0.15) is 12.3 Å². The van der Waals surface area contributed by atoms with E-state index in [-0.39, 0.29) is 18.5 Å². The molecule has 0 saturated heterocycles. The zero-order valence-electron chi connectivity index (χ0n) is 16.1. The van der Waals surface area contributed by atoms with E-state index in [4.69, 9.17) is 4.74 Å². The number of carboxylic acid groups (broad SMARTS) is 1. The highest BCUT2D eigenvalue weighted by Crippen LogP contribution is 2.21.